The quantitative estimate of drug-likeness (QED) is 0.889. The zero-order valence-electron chi connectivity index (χ0n) is 15.5. The van der Waals surface area contributed by atoms with Crippen molar-refractivity contribution >= 4 is 6.03 Å². The van der Waals surface area contributed by atoms with Gasteiger partial charge in [0.1, 0.15) is 0 Å². The zero-order chi connectivity index (χ0) is 17.8. The summed E-state index contributed by atoms with van der Waals surface area (Å²) in [6.07, 6.45) is 3.53. The Morgan fingerprint density at radius 3 is 2.80 bits per heavy atom. The molecule has 0 spiro atoms. The van der Waals surface area contributed by atoms with Crippen LogP contribution in [-0.2, 0) is 6.54 Å². The molecule has 2 fully saturated rings. The van der Waals surface area contributed by atoms with Crippen LogP contribution in [0, 0.1) is 0 Å². The Bertz CT molecular complexity index is 608. The van der Waals surface area contributed by atoms with Crippen molar-refractivity contribution in [1.29, 1.82) is 0 Å². The number of nitrogens with one attached hydrogen (secondary N) is 1. The summed E-state index contributed by atoms with van der Waals surface area (Å²) in [7, 11) is 3.82. The summed E-state index contributed by atoms with van der Waals surface area (Å²) in [4.78, 5) is 17.0. The van der Waals surface area contributed by atoms with E-state index in [1.54, 1.807) is 7.11 Å². The summed E-state index contributed by atoms with van der Waals surface area (Å²) in [5, 5.41) is 3.05. The van der Waals surface area contributed by atoms with Gasteiger partial charge in [-0.1, -0.05) is 6.07 Å². The lowest BCUT2D eigenvalue weighted by Crippen LogP contribution is -2.44. The molecule has 2 heterocycles. The zero-order valence-corrected chi connectivity index (χ0v) is 15.5. The number of amides is 2. The van der Waals surface area contributed by atoms with E-state index in [0.717, 1.165) is 25.1 Å². The van der Waals surface area contributed by atoms with Crippen LogP contribution in [0.4, 0.5) is 4.79 Å². The number of rotatable bonds is 5. The van der Waals surface area contributed by atoms with Gasteiger partial charge in [0.2, 0.25) is 0 Å². The lowest BCUT2D eigenvalue weighted by molar-refractivity contribution is 0.188. The third-order valence-corrected chi connectivity index (χ3v) is 5.41. The predicted octanol–water partition coefficient (Wildman–Crippen LogP) is 2.47. The number of methoxy groups -OCH3 is 1. The molecule has 0 aromatic heterocycles. The van der Waals surface area contributed by atoms with E-state index in [1.807, 2.05) is 30.0 Å². The van der Waals surface area contributed by atoms with Crippen molar-refractivity contribution < 1.29 is 14.3 Å². The highest BCUT2D eigenvalue weighted by atomic mass is 16.5. The number of ether oxygens (including phenoxy) is 2. The van der Waals surface area contributed by atoms with Gasteiger partial charge in [0, 0.05) is 31.7 Å². The minimum Gasteiger partial charge on any atom is -0.493 e. The normalized spacial score (nSPS) is 23.2. The van der Waals surface area contributed by atoms with Gasteiger partial charge in [-0.25, -0.2) is 4.79 Å². The van der Waals surface area contributed by atoms with Crippen LogP contribution < -0.4 is 14.8 Å². The first-order valence-corrected chi connectivity index (χ1v) is 9.16. The molecule has 2 aliphatic rings. The van der Waals surface area contributed by atoms with Gasteiger partial charge in [-0.3, -0.25) is 4.90 Å². The van der Waals surface area contributed by atoms with E-state index in [4.69, 9.17) is 9.47 Å². The maximum absolute atomic E-state index is 12.6. The fourth-order valence-electron chi connectivity index (χ4n) is 3.88. The molecule has 2 aliphatic heterocycles. The van der Waals surface area contributed by atoms with Gasteiger partial charge in [-0.05, 0) is 50.9 Å². The Balaban J connectivity index is 1.58. The maximum atomic E-state index is 12.6. The monoisotopic (exact) mass is 347 g/mol. The molecule has 2 unspecified atom stereocenters. The molecule has 2 saturated heterocycles. The summed E-state index contributed by atoms with van der Waals surface area (Å²) in [6.45, 7) is 4.67. The molecule has 138 valence electrons. The van der Waals surface area contributed by atoms with Gasteiger partial charge in [0.05, 0.1) is 13.7 Å². The standard InChI is InChI=1S/C19H29N3O3/c1-4-25-18-11-14(5-8-17(18)24-3)12-20-19(23)22-10-9-15-6-7-16(13-22)21(15)2/h5,8,11,15-16H,4,6-7,9-10,12-13H2,1-3H3,(H,20,23). The van der Waals surface area contributed by atoms with Gasteiger partial charge in [-0.2, -0.15) is 0 Å². The number of hydrogen-bond donors (Lipinski definition) is 1. The first-order valence-electron chi connectivity index (χ1n) is 9.16. The molecule has 0 radical (unpaired) electrons. The summed E-state index contributed by atoms with van der Waals surface area (Å²) >= 11 is 0. The van der Waals surface area contributed by atoms with Crippen LogP contribution in [0.1, 0.15) is 31.7 Å². The largest absolute Gasteiger partial charge is 0.493 e. The third kappa shape index (κ3) is 4.00. The Labute approximate surface area is 150 Å². The van der Waals surface area contributed by atoms with Crippen molar-refractivity contribution in [2.45, 2.75) is 44.8 Å². The number of fused-ring (bicyclic) bond motifs is 2. The van der Waals surface area contributed by atoms with Gasteiger partial charge < -0.3 is 19.7 Å². The number of likely N-dealkylation sites (N-methyl/N-ethyl adjacent to an activating group) is 1. The van der Waals surface area contributed by atoms with Crippen LogP contribution in [0.25, 0.3) is 0 Å². The van der Waals surface area contributed by atoms with Crippen LogP contribution in [0.15, 0.2) is 18.2 Å². The van der Waals surface area contributed by atoms with Crippen molar-refractivity contribution in [2.75, 3.05) is 33.9 Å². The predicted molar refractivity (Wildman–Crippen MR) is 97.2 cm³/mol. The molecule has 1 aromatic rings. The topological polar surface area (TPSA) is 54.0 Å². The van der Waals surface area contributed by atoms with E-state index in [9.17, 15) is 4.79 Å². The highest BCUT2D eigenvalue weighted by Gasteiger charge is 2.35. The van der Waals surface area contributed by atoms with Gasteiger partial charge in [0.15, 0.2) is 11.5 Å². The molecule has 3 rings (SSSR count). The van der Waals surface area contributed by atoms with E-state index in [2.05, 4.69) is 17.3 Å². The Morgan fingerprint density at radius 1 is 1.24 bits per heavy atom. The number of likely N-dealkylation sites (tertiary alicyclic amines) is 1. The first-order chi connectivity index (χ1) is 12.1. The molecule has 6 heteroatoms. The molecule has 0 saturated carbocycles. The number of carbonyl (C=O) groups is 1. The smallest absolute Gasteiger partial charge is 0.317 e. The van der Waals surface area contributed by atoms with E-state index in [-0.39, 0.29) is 6.03 Å². The molecular formula is C19H29N3O3. The summed E-state index contributed by atoms with van der Waals surface area (Å²) in [5.74, 6) is 1.42. The van der Waals surface area contributed by atoms with Crippen molar-refractivity contribution in [1.82, 2.24) is 15.1 Å². The highest BCUT2D eigenvalue weighted by molar-refractivity contribution is 5.74. The van der Waals surface area contributed by atoms with Crippen LogP contribution in [0.2, 0.25) is 0 Å². The molecule has 1 N–H and O–H groups in total. The molecule has 2 bridgehead atoms. The maximum Gasteiger partial charge on any atom is 0.317 e. The number of hydrogen-bond acceptors (Lipinski definition) is 4. The fraction of sp³-hybridized carbons (Fsp3) is 0.632. The lowest BCUT2D eigenvalue weighted by Gasteiger charge is -2.26. The van der Waals surface area contributed by atoms with Crippen LogP contribution >= 0.6 is 0 Å². The molecule has 0 aliphatic carbocycles. The summed E-state index contributed by atoms with van der Waals surface area (Å²) < 4.78 is 10.9. The number of carbonyl (C=O) groups excluding carboxylic acids is 1. The van der Waals surface area contributed by atoms with Crippen molar-refractivity contribution in [3.05, 3.63) is 23.8 Å². The van der Waals surface area contributed by atoms with Crippen LogP contribution in [0.5, 0.6) is 11.5 Å². The highest BCUT2D eigenvalue weighted by Crippen LogP contribution is 2.29. The Morgan fingerprint density at radius 2 is 2.04 bits per heavy atom. The molecular weight excluding hydrogens is 318 g/mol. The second kappa shape index (κ2) is 7.95. The van der Waals surface area contributed by atoms with Crippen LogP contribution in [0.3, 0.4) is 0 Å². The van der Waals surface area contributed by atoms with Crippen molar-refractivity contribution in [2.24, 2.45) is 0 Å². The van der Waals surface area contributed by atoms with E-state index in [0.29, 0.717) is 36.7 Å². The summed E-state index contributed by atoms with van der Waals surface area (Å²) in [6, 6.07) is 6.93. The molecule has 2 amide bonds. The van der Waals surface area contributed by atoms with Crippen molar-refractivity contribution in [3.63, 3.8) is 0 Å². The van der Waals surface area contributed by atoms with Gasteiger partial charge in [-0.15, -0.1) is 0 Å². The number of benzene rings is 1. The minimum absolute atomic E-state index is 0.0229. The molecule has 2 atom stereocenters. The van der Waals surface area contributed by atoms with E-state index >= 15 is 0 Å². The summed E-state index contributed by atoms with van der Waals surface area (Å²) in [5.41, 5.74) is 1.01. The second-order valence-corrected chi connectivity index (χ2v) is 6.86. The number of nitrogens with zero attached hydrogens (tertiary/aromatic N) is 2. The average Bonchev–Trinajstić information content (AvgIpc) is 2.85. The van der Waals surface area contributed by atoms with Crippen molar-refractivity contribution in [3.8, 4) is 11.5 Å². The SMILES string of the molecule is CCOc1cc(CNC(=O)N2CCC3CCC(C2)N3C)ccc1OC. The average molecular weight is 347 g/mol. The van der Waals surface area contributed by atoms with Crippen LogP contribution in [-0.4, -0.2) is 61.8 Å². The third-order valence-electron chi connectivity index (χ3n) is 5.41. The molecule has 25 heavy (non-hydrogen) atoms. The van der Waals surface area contributed by atoms with Gasteiger partial charge >= 0.3 is 6.03 Å². The fourth-order valence-corrected chi connectivity index (χ4v) is 3.88. The van der Waals surface area contributed by atoms with Gasteiger partial charge in [0.25, 0.3) is 0 Å². The van der Waals surface area contributed by atoms with E-state index < -0.39 is 0 Å². The Kier molecular flexibility index (Phi) is 5.68. The second-order valence-electron chi connectivity index (χ2n) is 6.86. The Hall–Kier alpha value is -1.95. The molecule has 6 nitrogen and oxygen atoms in total. The number of urea groups is 1. The van der Waals surface area contributed by atoms with E-state index in [1.165, 1.54) is 12.8 Å². The molecule has 1 aromatic carbocycles. The minimum atomic E-state index is 0.0229. The lowest BCUT2D eigenvalue weighted by atomic mass is 10.1. The first kappa shape index (κ1) is 17.9.